The molecule has 0 unspecified atom stereocenters. The van der Waals surface area contributed by atoms with Crippen LogP contribution in [0.4, 0.5) is 0 Å². The predicted octanol–water partition coefficient (Wildman–Crippen LogP) is 3.00. The first-order chi connectivity index (χ1) is 8.34. The molecule has 2 aromatic rings. The SMILES string of the molecule is Brc1ccc(COCCc2ccccn2)nc1. The first-order valence-corrected chi connectivity index (χ1v) is 6.22. The molecule has 88 valence electrons. The second-order valence-corrected chi connectivity index (χ2v) is 4.51. The predicted molar refractivity (Wildman–Crippen MR) is 69.5 cm³/mol. The van der Waals surface area contributed by atoms with Crippen molar-refractivity contribution in [1.29, 1.82) is 0 Å². The van der Waals surface area contributed by atoms with Crippen molar-refractivity contribution in [3.05, 3.63) is 58.6 Å². The van der Waals surface area contributed by atoms with Gasteiger partial charge in [-0.3, -0.25) is 9.97 Å². The van der Waals surface area contributed by atoms with Gasteiger partial charge in [-0.1, -0.05) is 6.07 Å². The average Bonchev–Trinajstić information content (AvgIpc) is 2.38. The summed E-state index contributed by atoms with van der Waals surface area (Å²) < 4.78 is 6.53. The zero-order chi connectivity index (χ0) is 11.9. The maximum Gasteiger partial charge on any atom is 0.0888 e. The van der Waals surface area contributed by atoms with E-state index >= 15 is 0 Å². The van der Waals surface area contributed by atoms with Crippen LogP contribution in [0, 0.1) is 0 Å². The molecule has 0 N–H and O–H groups in total. The molecule has 0 saturated carbocycles. The summed E-state index contributed by atoms with van der Waals surface area (Å²) >= 11 is 3.35. The lowest BCUT2D eigenvalue weighted by atomic mass is 10.3. The summed E-state index contributed by atoms with van der Waals surface area (Å²) in [6.07, 6.45) is 4.40. The number of rotatable bonds is 5. The van der Waals surface area contributed by atoms with Crippen molar-refractivity contribution < 1.29 is 4.74 Å². The largest absolute Gasteiger partial charge is 0.375 e. The summed E-state index contributed by atoms with van der Waals surface area (Å²) in [4.78, 5) is 8.47. The Bertz CT molecular complexity index is 445. The molecule has 17 heavy (non-hydrogen) atoms. The van der Waals surface area contributed by atoms with Crippen LogP contribution in [0.25, 0.3) is 0 Å². The van der Waals surface area contributed by atoms with Gasteiger partial charge in [-0.25, -0.2) is 0 Å². The molecule has 2 heterocycles. The fourth-order valence-corrected chi connectivity index (χ4v) is 1.63. The van der Waals surface area contributed by atoms with Crippen molar-refractivity contribution in [2.75, 3.05) is 6.61 Å². The fraction of sp³-hybridized carbons (Fsp3) is 0.231. The van der Waals surface area contributed by atoms with Crippen molar-refractivity contribution >= 4 is 15.9 Å². The van der Waals surface area contributed by atoms with Crippen LogP contribution in [-0.4, -0.2) is 16.6 Å². The Kier molecular flexibility index (Phi) is 4.64. The minimum absolute atomic E-state index is 0.542. The maximum absolute atomic E-state index is 5.55. The van der Waals surface area contributed by atoms with Gasteiger partial charge in [0.05, 0.1) is 18.9 Å². The Morgan fingerprint density at radius 3 is 2.71 bits per heavy atom. The van der Waals surface area contributed by atoms with E-state index in [4.69, 9.17) is 4.74 Å². The molecule has 0 atom stereocenters. The quantitative estimate of drug-likeness (QED) is 0.795. The number of aromatic nitrogens is 2. The van der Waals surface area contributed by atoms with E-state index < -0.39 is 0 Å². The van der Waals surface area contributed by atoms with Gasteiger partial charge in [0.2, 0.25) is 0 Å². The van der Waals surface area contributed by atoms with Crippen LogP contribution in [0.2, 0.25) is 0 Å². The summed E-state index contributed by atoms with van der Waals surface area (Å²) in [5.41, 5.74) is 1.99. The third-order valence-corrected chi connectivity index (χ3v) is 2.74. The smallest absolute Gasteiger partial charge is 0.0888 e. The van der Waals surface area contributed by atoms with Crippen LogP contribution < -0.4 is 0 Å². The highest BCUT2D eigenvalue weighted by molar-refractivity contribution is 9.10. The van der Waals surface area contributed by atoms with E-state index in [9.17, 15) is 0 Å². The highest BCUT2D eigenvalue weighted by atomic mass is 79.9. The van der Waals surface area contributed by atoms with Gasteiger partial charge in [0.15, 0.2) is 0 Å². The lowest BCUT2D eigenvalue weighted by Crippen LogP contribution is -2.01. The average molecular weight is 293 g/mol. The van der Waals surface area contributed by atoms with Gasteiger partial charge >= 0.3 is 0 Å². The van der Waals surface area contributed by atoms with Crippen molar-refractivity contribution in [2.24, 2.45) is 0 Å². The standard InChI is InChI=1S/C13H13BrN2O/c14-11-4-5-13(16-9-11)10-17-8-6-12-3-1-2-7-15-12/h1-5,7,9H,6,8,10H2. The minimum atomic E-state index is 0.542. The van der Waals surface area contributed by atoms with Gasteiger partial charge < -0.3 is 4.74 Å². The number of halogens is 1. The number of pyridine rings is 2. The van der Waals surface area contributed by atoms with E-state index in [1.54, 1.807) is 12.4 Å². The van der Waals surface area contributed by atoms with Crippen molar-refractivity contribution in [3.63, 3.8) is 0 Å². The summed E-state index contributed by atoms with van der Waals surface area (Å²) in [5.74, 6) is 0. The van der Waals surface area contributed by atoms with Gasteiger partial charge in [0.25, 0.3) is 0 Å². The molecule has 2 rings (SSSR count). The second kappa shape index (κ2) is 6.47. The highest BCUT2D eigenvalue weighted by Crippen LogP contribution is 2.08. The van der Waals surface area contributed by atoms with E-state index in [1.165, 1.54) is 0 Å². The van der Waals surface area contributed by atoms with Gasteiger partial charge in [-0.2, -0.15) is 0 Å². The molecule has 0 amide bonds. The Morgan fingerprint density at radius 2 is 2.00 bits per heavy atom. The van der Waals surface area contributed by atoms with Gasteiger partial charge in [0.1, 0.15) is 0 Å². The lowest BCUT2D eigenvalue weighted by Gasteiger charge is -2.03. The van der Waals surface area contributed by atoms with Crippen LogP contribution >= 0.6 is 15.9 Å². The van der Waals surface area contributed by atoms with Crippen LogP contribution in [0.5, 0.6) is 0 Å². The van der Waals surface area contributed by atoms with Crippen molar-refractivity contribution in [1.82, 2.24) is 9.97 Å². The van der Waals surface area contributed by atoms with E-state index in [-0.39, 0.29) is 0 Å². The molecule has 0 aliphatic carbocycles. The third-order valence-electron chi connectivity index (χ3n) is 2.27. The van der Waals surface area contributed by atoms with E-state index in [1.807, 2.05) is 30.3 Å². The molecule has 3 nitrogen and oxygen atoms in total. The van der Waals surface area contributed by atoms with Crippen LogP contribution in [0.15, 0.2) is 47.2 Å². The van der Waals surface area contributed by atoms with E-state index in [0.717, 1.165) is 22.3 Å². The fourth-order valence-electron chi connectivity index (χ4n) is 1.39. The Morgan fingerprint density at radius 1 is 1.06 bits per heavy atom. The molecule has 0 radical (unpaired) electrons. The van der Waals surface area contributed by atoms with Crippen LogP contribution in [-0.2, 0) is 17.8 Å². The monoisotopic (exact) mass is 292 g/mol. The van der Waals surface area contributed by atoms with Crippen molar-refractivity contribution in [3.8, 4) is 0 Å². The lowest BCUT2D eigenvalue weighted by molar-refractivity contribution is 0.120. The highest BCUT2D eigenvalue weighted by Gasteiger charge is 1.96. The molecule has 0 aromatic carbocycles. The van der Waals surface area contributed by atoms with Crippen LogP contribution in [0.3, 0.4) is 0 Å². The van der Waals surface area contributed by atoms with Gasteiger partial charge in [-0.05, 0) is 40.2 Å². The Hall–Kier alpha value is -1.26. The van der Waals surface area contributed by atoms with Gasteiger partial charge in [0, 0.05) is 29.0 Å². The zero-order valence-corrected chi connectivity index (χ0v) is 10.9. The Labute approximate surface area is 109 Å². The molecule has 2 aromatic heterocycles. The summed E-state index contributed by atoms with van der Waals surface area (Å²) in [7, 11) is 0. The summed E-state index contributed by atoms with van der Waals surface area (Å²) in [5, 5.41) is 0. The summed E-state index contributed by atoms with van der Waals surface area (Å²) in [6, 6.07) is 9.81. The van der Waals surface area contributed by atoms with E-state index in [2.05, 4.69) is 25.9 Å². The number of hydrogen-bond acceptors (Lipinski definition) is 3. The first-order valence-electron chi connectivity index (χ1n) is 5.43. The molecule has 4 heteroatoms. The molecule has 0 aliphatic heterocycles. The molecular formula is C13H13BrN2O. The number of nitrogens with zero attached hydrogens (tertiary/aromatic N) is 2. The van der Waals surface area contributed by atoms with Gasteiger partial charge in [-0.15, -0.1) is 0 Å². The van der Waals surface area contributed by atoms with Crippen molar-refractivity contribution in [2.45, 2.75) is 13.0 Å². The maximum atomic E-state index is 5.55. The molecule has 0 bridgehead atoms. The minimum Gasteiger partial charge on any atom is -0.375 e. The van der Waals surface area contributed by atoms with E-state index in [0.29, 0.717) is 13.2 Å². The topological polar surface area (TPSA) is 35.0 Å². The molecule has 0 aliphatic rings. The normalized spacial score (nSPS) is 10.4. The number of hydrogen-bond donors (Lipinski definition) is 0. The molecule has 0 spiro atoms. The Balaban J connectivity index is 1.71. The second-order valence-electron chi connectivity index (χ2n) is 3.59. The zero-order valence-electron chi connectivity index (χ0n) is 9.34. The molecule has 0 saturated heterocycles. The molecular weight excluding hydrogens is 280 g/mol. The number of ether oxygens (including phenoxy) is 1. The third kappa shape index (κ3) is 4.24. The first kappa shape index (κ1) is 12.2. The van der Waals surface area contributed by atoms with Crippen LogP contribution in [0.1, 0.15) is 11.4 Å². The molecule has 0 fully saturated rings. The summed E-state index contributed by atoms with van der Waals surface area (Å²) in [6.45, 7) is 1.20.